The van der Waals surface area contributed by atoms with Gasteiger partial charge < -0.3 is 24.5 Å². The summed E-state index contributed by atoms with van der Waals surface area (Å²) < 4.78 is 10.5. The number of nitrogens with zero attached hydrogens (tertiary/aromatic N) is 1. The van der Waals surface area contributed by atoms with E-state index in [1.165, 1.54) is 11.9 Å². The van der Waals surface area contributed by atoms with Gasteiger partial charge in [0.05, 0.1) is 12.0 Å². The zero-order valence-corrected chi connectivity index (χ0v) is 14.6. The number of carbonyl (C=O) groups excluding carboxylic acids is 3. The monoisotopic (exact) mass is 350 g/mol. The fourth-order valence-electron chi connectivity index (χ4n) is 1.54. The maximum absolute atomic E-state index is 12.6. The van der Waals surface area contributed by atoms with E-state index in [9.17, 15) is 14.4 Å². The number of hydrogen-bond acceptors (Lipinski definition) is 6. The Morgan fingerprint density at radius 2 is 1.91 bits per heavy atom. The second-order valence-corrected chi connectivity index (χ2v) is 6.17. The zero-order chi connectivity index (χ0) is 17.1. The van der Waals surface area contributed by atoms with E-state index >= 15 is 0 Å². The van der Waals surface area contributed by atoms with Gasteiger partial charge in [-0.05, 0) is 18.6 Å². The molecule has 0 saturated carbocycles. The van der Waals surface area contributed by atoms with Gasteiger partial charge in [0.15, 0.2) is 6.10 Å². The van der Waals surface area contributed by atoms with Crippen LogP contribution in [0.5, 0.6) is 0 Å². The summed E-state index contributed by atoms with van der Waals surface area (Å²) in [6.07, 6.45) is -0.996. The van der Waals surface area contributed by atoms with Gasteiger partial charge in [-0.15, -0.1) is 11.8 Å². The summed E-state index contributed by atoms with van der Waals surface area (Å²) in [6, 6.07) is -0.659. The maximum atomic E-state index is 12.6. The Bertz CT molecular complexity index is 366. The maximum Gasteiger partial charge on any atom is 0.407 e. The van der Waals surface area contributed by atoms with E-state index in [1.807, 2.05) is 6.92 Å². The molecule has 0 aliphatic rings. The Morgan fingerprint density at radius 3 is 2.35 bits per heavy atom. The molecule has 1 N–H and O–H groups in total. The van der Waals surface area contributed by atoms with E-state index in [2.05, 4.69) is 5.32 Å². The van der Waals surface area contributed by atoms with Gasteiger partial charge in [0, 0.05) is 7.05 Å². The molecule has 0 aromatic carbocycles. The van der Waals surface area contributed by atoms with Crippen LogP contribution in [0.2, 0.25) is 0 Å². The molecule has 0 rings (SSSR count). The standard InChI is InChI=1S/C14H26N2O5S.CH4/c1-6-22-9-20-8-16(11(4)7-17)13(18)12(10(2)3)21-14(19)15-5;/h7,10-12H,6,8-9H2,1-5H3,(H,15,19);1H4. The van der Waals surface area contributed by atoms with Crippen LogP contribution in [0.1, 0.15) is 35.1 Å². The number of alkyl carbamates (subject to hydrolysis) is 1. The van der Waals surface area contributed by atoms with Crippen LogP contribution >= 0.6 is 11.8 Å². The number of nitrogens with one attached hydrogen (secondary N) is 1. The van der Waals surface area contributed by atoms with Gasteiger partial charge in [0.1, 0.15) is 13.0 Å². The van der Waals surface area contributed by atoms with Crippen LogP contribution in [0.3, 0.4) is 0 Å². The third-order valence-electron chi connectivity index (χ3n) is 2.86. The lowest BCUT2D eigenvalue weighted by Gasteiger charge is -2.30. The minimum absolute atomic E-state index is 0. The fraction of sp³-hybridized carbons (Fsp3) is 0.800. The van der Waals surface area contributed by atoms with Gasteiger partial charge in [-0.2, -0.15) is 0 Å². The molecule has 7 nitrogen and oxygen atoms in total. The molecule has 23 heavy (non-hydrogen) atoms. The molecule has 0 heterocycles. The number of thioether (sulfide) groups is 1. The Morgan fingerprint density at radius 1 is 1.30 bits per heavy atom. The lowest BCUT2D eigenvalue weighted by atomic mass is 10.1. The number of ether oxygens (including phenoxy) is 2. The van der Waals surface area contributed by atoms with Crippen LogP contribution in [0.25, 0.3) is 0 Å². The second kappa shape index (κ2) is 13.2. The molecule has 0 saturated heterocycles. The first-order valence-electron chi connectivity index (χ1n) is 7.18. The first-order chi connectivity index (χ1) is 10.4. The van der Waals surface area contributed by atoms with Crippen molar-refractivity contribution in [3.8, 4) is 0 Å². The van der Waals surface area contributed by atoms with Crippen LogP contribution in [0.4, 0.5) is 4.79 Å². The van der Waals surface area contributed by atoms with E-state index in [0.717, 1.165) is 5.75 Å². The molecular weight excluding hydrogens is 320 g/mol. The average molecular weight is 350 g/mol. The predicted molar refractivity (Wildman–Crippen MR) is 92.2 cm³/mol. The highest BCUT2D eigenvalue weighted by atomic mass is 32.2. The molecule has 0 bridgehead atoms. The minimum Gasteiger partial charge on any atom is -0.436 e. The highest BCUT2D eigenvalue weighted by Crippen LogP contribution is 2.13. The minimum atomic E-state index is -0.968. The van der Waals surface area contributed by atoms with Gasteiger partial charge in [0.25, 0.3) is 5.91 Å². The van der Waals surface area contributed by atoms with Crippen LogP contribution in [-0.4, -0.2) is 60.8 Å². The fourth-order valence-corrected chi connectivity index (χ4v) is 1.90. The van der Waals surface area contributed by atoms with Gasteiger partial charge >= 0.3 is 6.09 Å². The van der Waals surface area contributed by atoms with Crippen molar-refractivity contribution < 1.29 is 23.9 Å². The smallest absolute Gasteiger partial charge is 0.407 e. The lowest BCUT2D eigenvalue weighted by molar-refractivity contribution is -0.152. The Balaban J connectivity index is 0. The third-order valence-corrected chi connectivity index (χ3v) is 3.60. The van der Waals surface area contributed by atoms with Crippen molar-refractivity contribution in [2.45, 2.75) is 47.3 Å². The molecule has 2 atom stereocenters. The van der Waals surface area contributed by atoms with Crippen LogP contribution in [0, 0.1) is 5.92 Å². The summed E-state index contributed by atoms with van der Waals surface area (Å²) in [5.41, 5.74) is 0. The zero-order valence-electron chi connectivity index (χ0n) is 13.8. The Hall–Kier alpha value is -1.28. The van der Waals surface area contributed by atoms with Gasteiger partial charge in [0.2, 0.25) is 0 Å². The number of aldehydes is 1. The average Bonchev–Trinajstić information content (AvgIpc) is 2.50. The molecule has 8 heteroatoms. The normalized spacial score (nSPS) is 12.8. The topological polar surface area (TPSA) is 84.9 Å². The predicted octanol–water partition coefficient (Wildman–Crippen LogP) is 2.10. The molecule has 0 aromatic rings. The summed E-state index contributed by atoms with van der Waals surface area (Å²) in [6.45, 7) is 7.10. The summed E-state index contributed by atoms with van der Waals surface area (Å²) in [4.78, 5) is 36.3. The third kappa shape index (κ3) is 8.80. The van der Waals surface area contributed by atoms with Gasteiger partial charge in [-0.3, -0.25) is 4.79 Å². The van der Waals surface area contributed by atoms with Crippen LogP contribution < -0.4 is 5.32 Å². The SMILES string of the molecule is C.CCSCOCN(C(=O)C(OC(=O)NC)C(C)C)C(C)C=O. The van der Waals surface area contributed by atoms with Crippen molar-refractivity contribution in [1.29, 1.82) is 0 Å². The van der Waals surface area contributed by atoms with Crippen LogP contribution in [0.15, 0.2) is 0 Å². The van der Waals surface area contributed by atoms with Crippen molar-refractivity contribution in [3.63, 3.8) is 0 Å². The summed E-state index contributed by atoms with van der Waals surface area (Å²) in [7, 11) is 1.42. The van der Waals surface area contributed by atoms with Crippen molar-refractivity contribution in [1.82, 2.24) is 10.2 Å². The van der Waals surface area contributed by atoms with E-state index in [4.69, 9.17) is 9.47 Å². The van der Waals surface area contributed by atoms with E-state index in [-0.39, 0.29) is 20.1 Å². The summed E-state index contributed by atoms with van der Waals surface area (Å²) >= 11 is 1.57. The number of rotatable bonds is 10. The quantitative estimate of drug-likeness (QED) is 0.369. The van der Waals surface area contributed by atoms with Crippen molar-refractivity contribution >= 4 is 30.0 Å². The Kier molecular flexibility index (Phi) is 13.7. The Labute approximate surface area is 143 Å². The molecule has 2 amide bonds. The molecule has 0 fully saturated rings. The first-order valence-corrected chi connectivity index (χ1v) is 8.34. The lowest BCUT2D eigenvalue weighted by Crippen LogP contribution is -2.49. The van der Waals surface area contributed by atoms with Crippen molar-refractivity contribution in [3.05, 3.63) is 0 Å². The summed E-state index contributed by atoms with van der Waals surface area (Å²) in [5, 5.41) is 2.31. The molecule has 136 valence electrons. The van der Waals surface area contributed by atoms with Crippen molar-refractivity contribution in [2.24, 2.45) is 5.92 Å². The second-order valence-electron chi connectivity index (χ2n) is 4.95. The molecule has 0 radical (unpaired) electrons. The highest BCUT2D eigenvalue weighted by Gasteiger charge is 2.32. The molecule has 0 aliphatic heterocycles. The van der Waals surface area contributed by atoms with E-state index < -0.39 is 24.1 Å². The van der Waals surface area contributed by atoms with Gasteiger partial charge in [-0.25, -0.2) is 4.79 Å². The molecule has 0 spiro atoms. The number of hydrogen-bond donors (Lipinski definition) is 1. The first kappa shape index (κ1) is 24.0. The number of carbonyl (C=O) groups is 3. The summed E-state index contributed by atoms with van der Waals surface area (Å²) in [5.74, 6) is 0.649. The largest absolute Gasteiger partial charge is 0.436 e. The van der Waals surface area contributed by atoms with Gasteiger partial charge in [-0.1, -0.05) is 28.2 Å². The molecule has 2 unspecified atom stereocenters. The molecule has 0 aromatic heterocycles. The highest BCUT2D eigenvalue weighted by molar-refractivity contribution is 7.99. The molecule has 0 aliphatic carbocycles. The molecular formula is C15H30N2O5S. The number of amides is 2. The van der Waals surface area contributed by atoms with E-state index in [0.29, 0.717) is 12.2 Å². The van der Waals surface area contributed by atoms with Crippen molar-refractivity contribution in [2.75, 3.05) is 25.5 Å². The van der Waals surface area contributed by atoms with Crippen LogP contribution in [-0.2, 0) is 19.1 Å². The van der Waals surface area contributed by atoms with E-state index in [1.54, 1.807) is 32.5 Å².